The molecule has 0 saturated carbocycles. The van der Waals surface area contributed by atoms with E-state index in [1.54, 1.807) is 16.8 Å². The van der Waals surface area contributed by atoms with E-state index in [9.17, 15) is 9.59 Å². The van der Waals surface area contributed by atoms with Crippen molar-refractivity contribution in [3.8, 4) is 11.1 Å². The molecule has 2 aromatic carbocycles. The summed E-state index contributed by atoms with van der Waals surface area (Å²) >= 11 is 0. The van der Waals surface area contributed by atoms with Gasteiger partial charge in [0.25, 0.3) is 5.56 Å². The highest BCUT2D eigenvalue weighted by Gasteiger charge is 2.30. The van der Waals surface area contributed by atoms with E-state index in [1.807, 2.05) is 43.3 Å². The van der Waals surface area contributed by atoms with E-state index in [1.165, 1.54) is 0 Å². The van der Waals surface area contributed by atoms with E-state index >= 15 is 0 Å². The van der Waals surface area contributed by atoms with Crippen LogP contribution < -0.4 is 21.9 Å². The lowest BCUT2D eigenvalue weighted by molar-refractivity contribution is -0.124. The van der Waals surface area contributed by atoms with Gasteiger partial charge in [-0.3, -0.25) is 14.2 Å². The molecule has 0 saturated heterocycles. The first-order valence-electron chi connectivity index (χ1n) is 12.0. The zero-order chi connectivity index (χ0) is 25.1. The van der Waals surface area contributed by atoms with Crippen LogP contribution in [0, 0.1) is 6.92 Å². The van der Waals surface area contributed by atoms with Gasteiger partial charge in [0.1, 0.15) is 11.9 Å². The number of carbonyl (C=O) groups excluding carboxylic acids is 1. The molecule has 0 fully saturated rings. The minimum absolute atomic E-state index is 0. The molecule has 38 heavy (non-hydrogen) atoms. The molecular weight excluding hydrogens is 523 g/mol. The van der Waals surface area contributed by atoms with Crippen LogP contribution in [0.5, 0.6) is 0 Å². The third-order valence-corrected chi connectivity index (χ3v) is 6.55. The maximum atomic E-state index is 13.2. The number of amides is 1. The largest absolute Gasteiger partial charge is 0.384 e. The fourth-order valence-corrected chi connectivity index (χ4v) is 4.54. The molecule has 10 heteroatoms. The van der Waals surface area contributed by atoms with Crippen molar-refractivity contribution in [1.29, 1.82) is 0 Å². The van der Waals surface area contributed by atoms with E-state index < -0.39 is 6.04 Å². The second kappa shape index (κ2) is 12.6. The van der Waals surface area contributed by atoms with Crippen LogP contribution in [0.1, 0.15) is 35.0 Å². The Morgan fingerprint density at radius 2 is 1.71 bits per heavy atom. The summed E-state index contributed by atoms with van der Waals surface area (Å²) in [5.74, 6) is 0.489. The van der Waals surface area contributed by atoms with E-state index in [-0.39, 0.29) is 42.1 Å². The predicted octanol–water partition coefficient (Wildman–Crippen LogP) is 4.46. The van der Waals surface area contributed by atoms with Crippen LogP contribution in [0.25, 0.3) is 11.1 Å². The lowest BCUT2D eigenvalue weighted by Gasteiger charge is -2.16. The molecular formula is C28H30Cl2N6O2. The predicted molar refractivity (Wildman–Crippen MR) is 155 cm³/mol. The third-order valence-electron chi connectivity index (χ3n) is 6.55. The SMILES string of the molecule is Cc1nc(N)ccc1CNC(=O)[C@@H]1CCc2cnc(NCc3ccc(-c4ccccc4)cc3)c(=O)n21.Cl.Cl. The number of rotatable bonds is 7. The van der Waals surface area contributed by atoms with Crippen molar-refractivity contribution in [1.82, 2.24) is 19.9 Å². The van der Waals surface area contributed by atoms with Gasteiger partial charge in [0.15, 0.2) is 5.82 Å². The number of nitrogen functional groups attached to an aromatic ring is 1. The summed E-state index contributed by atoms with van der Waals surface area (Å²) in [6.45, 7) is 2.64. The normalized spacial score (nSPS) is 13.6. The second-order valence-electron chi connectivity index (χ2n) is 8.94. The van der Waals surface area contributed by atoms with Crippen molar-refractivity contribution < 1.29 is 4.79 Å². The number of nitrogens with zero attached hydrogens (tertiary/aromatic N) is 3. The van der Waals surface area contributed by atoms with Gasteiger partial charge in [-0.15, -0.1) is 24.8 Å². The van der Waals surface area contributed by atoms with E-state index in [0.29, 0.717) is 31.7 Å². The lowest BCUT2D eigenvalue weighted by Crippen LogP contribution is -2.36. The smallest absolute Gasteiger partial charge is 0.294 e. The van der Waals surface area contributed by atoms with Crippen LogP contribution in [0.2, 0.25) is 0 Å². The van der Waals surface area contributed by atoms with E-state index in [4.69, 9.17) is 5.73 Å². The number of aromatic nitrogens is 3. The summed E-state index contributed by atoms with van der Waals surface area (Å²) in [6.07, 6.45) is 2.87. The molecule has 4 N–H and O–H groups in total. The van der Waals surface area contributed by atoms with Crippen molar-refractivity contribution in [2.24, 2.45) is 0 Å². The maximum Gasteiger partial charge on any atom is 0.294 e. The highest BCUT2D eigenvalue weighted by Crippen LogP contribution is 2.24. The van der Waals surface area contributed by atoms with Crippen molar-refractivity contribution in [2.75, 3.05) is 11.1 Å². The molecule has 4 aromatic rings. The number of hydrogen-bond donors (Lipinski definition) is 3. The Morgan fingerprint density at radius 3 is 2.42 bits per heavy atom. The van der Waals surface area contributed by atoms with E-state index in [2.05, 4.69) is 44.9 Å². The topological polar surface area (TPSA) is 115 Å². The highest BCUT2D eigenvalue weighted by molar-refractivity contribution is 5.85. The standard InChI is InChI=1S/C28H28N6O2.2ClH/c1-18-22(11-14-25(29)33-18)16-32-27(35)24-13-12-23-17-31-26(28(36)34(23)24)30-15-19-7-9-21(10-8-19)20-5-3-2-4-6-20;;/h2-11,14,17,24H,12-13,15-16H2,1H3,(H2,29,33)(H,30,31)(H,32,35);2*1H/t24-;;/m0../s1. The fourth-order valence-electron chi connectivity index (χ4n) is 4.54. The summed E-state index contributed by atoms with van der Waals surface area (Å²) < 4.78 is 1.57. The molecule has 8 nitrogen and oxygen atoms in total. The minimum atomic E-state index is -0.566. The molecule has 0 bridgehead atoms. The van der Waals surface area contributed by atoms with Crippen molar-refractivity contribution >= 4 is 42.4 Å². The number of carbonyl (C=O) groups is 1. The number of nitrogens with one attached hydrogen (secondary N) is 2. The number of benzene rings is 2. The molecule has 5 rings (SSSR count). The first-order chi connectivity index (χ1) is 17.5. The van der Waals surface area contributed by atoms with Crippen molar-refractivity contribution in [3.05, 3.63) is 106 Å². The average Bonchev–Trinajstić information content (AvgIpc) is 3.34. The summed E-state index contributed by atoms with van der Waals surface area (Å²) in [5.41, 5.74) is 11.2. The lowest BCUT2D eigenvalue weighted by atomic mass is 10.0. The van der Waals surface area contributed by atoms with Crippen molar-refractivity contribution in [3.63, 3.8) is 0 Å². The van der Waals surface area contributed by atoms with Gasteiger partial charge in [-0.25, -0.2) is 9.97 Å². The molecule has 1 aliphatic rings. The van der Waals surface area contributed by atoms with Gasteiger partial charge in [0, 0.05) is 30.7 Å². The maximum absolute atomic E-state index is 13.2. The van der Waals surface area contributed by atoms with Crippen LogP contribution in [-0.2, 0) is 24.3 Å². The Hall–Kier alpha value is -3.88. The van der Waals surface area contributed by atoms with Crippen LogP contribution in [0.3, 0.4) is 0 Å². The second-order valence-corrected chi connectivity index (χ2v) is 8.94. The summed E-state index contributed by atoms with van der Waals surface area (Å²) in [7, 11) is 0. The van der Waals surface area contributed by atoms with Crippen LogP contribution in [-0.4, -0.2) is 20.4 Å². The third kappa shape index (κ3) is 6.15. The molecule has 1 atom stereocenters. The molecule has 1 amide bonds. The van der Waals surface area contributed by atoms with Gasteiger partial charge < -0.3 is 16.4 Å². The number of nitrogens with two attached hydrogens (primary N) is 1. The average molecular weight is 553 g/mol. The Labute approximate surface area is 233 Å². The van der Waals surface area contributed by atoms with Gasteiger partial charge in [-0.2, -0.15) is 0 Å². The van der Waals surface area contributed by atoms with Crippen LogP contribution in [0.15, 0.2) is 77.7 Å². The number of hydrogen-bond acceptors (Lipinski definition) is 6. The highest BCUT2D eigenvalue weighted by atomic mass is 35.5. The molecule has 3 heterocycles. The van der Waals surface area contributed by atoms with Gasteiger partial charge in [-0.05, 0) is 48.1 Å². The summed E-state index contributed by atoms with van der Waals surface area (Å²) in [5, 5.41) is 6.10. The van der Waals surface area contributed by atoms with Crippen LogP contribution in [0.4, 0.5) is 11.6 Å². The number of fused-ring (bicyclic) bond motifs is 1. The van der Waals surface area contributed by atoms with Gasteiger partial charge in [0.05, 0.1) is 0 Å². The van der Waals surface area contributed by atoms with Crippen molar-refractivity contribution in [2.45, 2.75) is 38.9 Å². The zero-order valence-electron chi connectivity index (χ0n) is 20.9. The van der Waals surface area contributed by atoms with Gasteiger partial charge in [-0.1, -0.05) is 60.7 Å². The molecule has 0 aliphatic carbocycles. The fraction of sp³-hybridized carbons (Fsp3) is 0.214. The minimum Gasteiger partial charge on any atom is -0.384 e. The Morgan fingerprint density at radius 1 is 1.00 bits per heavy atom. The first-order valence-corrected chi connectivity index (χ1v) is 12.0. The molecule has 0 spiro atoms. The number of halogens is 2. The monoisotopic (exact) mass is 552 g/mol. The van der Waals surface area contributed by atoms with Crippen LogP contribution >= 0.6 is 24.8 Å². The molecule has 198 valence electrons. The first kappa shape index (κ1) is 28.7. The molecule has 0 radical (unpaired) electrons. The molecule has 0 unspecified atom stereocenters. The number of anilines is 2. The van der Waals surface area contributed by atoms with Gasteiger partial charge in [0.2, 0.25) is 5.91 Å². The Kier molecular flexibility index (Phi) is 9.50. The quantitative estimate of drug-likeness (QED) is 0.312. The zero-order valence-corrected chi connectivity index (χ0v) is 22.5. The summed E-state index contributed by atoms with van der Waals surface area (Å²) in [4.78, 5) is 34.8. The Balaban J connectivity index is 0.00000200. The molecule has 1 aliphatic heterocycles. The van der Waals surface area contributed by atoms with Gasteiger partial charge >= 0.3 is 0 Å². The summed E-state index contributed by atoms with van der Waals surface area (Å²) in [6, 6.07) is 21.4. The Bertz CT molecular complexity index is 1460. The molecule has 2 aromatic heterocycles. The number of pyridine rings is 1. The number of aryl methyl sites for hydroxylation is 2. The van der Waals surface area contributed by atoms with E-state index in [0.717, 1.165) is 33.6 Å².